The second-order valence-electron chi connectivity index (χ2n) is 5.40. The van der Waals surface area contributed by atoms with E-state index in [0.29, 0.717) is 0 Å². The summed E-state index contributed by atoms with van der Waals surface area (Å²) in [4.78, 5) is 37.3. The van der Waals surface area contributed by atoms with E-state index in [1.54, 1.807) is 20.8 Å². The maximum atomic E-state index is 12.5. The Morgan fingerprint density at radius 3 is 1.55 bits per heavy atom. The highest BCUT2D eigenvalue weighted by atomic mass is 16.6. The molecule has 7 heteroatoms. The Kier molecular flexibility index (Phi) is 4.86. The molecule has 0 N–H and O–H groups in total. The molecule has 7 nitrogen and oxygen atoms in total. The van der Waals surface area contributed by atoms with Crippen molar-refractivity contribution in [2.24, 2.45) is 16.2 Å². The summed E-state index contributed by atoms with van der Waals surface area (Å²) in [7, 11) is 0. The number of esters is 3. The maximum Gasteiger partial charge on any atom is 0.328 e. The SMILES string of the molecule is CCOC(=O)C1(C#N)C(C)(C)C1(C(=O)OCC)C(=O)OCC. The van der Waals surface area contributed by atoms with E-state index in [-0.39, 0.29) is 19.8 Å². The number of nitriles is 1. The van der Waals surface area contributed by atoms with Gasteiger partial charge in [-0.2, -0.15) is 5.26 Å². The Morgan fingerprint density at radius 1 is 0.864 bits per heavy atom. The molecule has 0 amide bonds. The van der Waals surface area contributed by atoms with Crippen molar-refractivity contribution >= 4 is 17.9 Å². The molecule has 1 rings (SSSR count). The molecule has 1 atom stereocenters. The van der Waals surface area contributed by atoms with Gasteiger partial charge in [0, 0.05) is 5.41 Å². The third-order valence-corrected chi connectivity index (χ3v) is 4.29. The van der Waals surface area contributed by atoms with Crippen molar-refractivity contribution in [2.75, 3.05) is 19.8 Å². The topological polar surface area (TPSA) is 103 Å². The van der Waals surface area contributed by atoms with Gasteiger partial charge in [0.2, 0.25) is 5.41 Å². The van der Waals surface area contributed by atoms with Crippen LogP contribution in [0.4, 0.5) is 0 Å². The van der Waals surface area contributed by atoms with Crippen LogP contribution < -0.4 is 0 Å². The Hall–Kier alpha value is -2.10. The lowest BCUT2D eigenvalue weighted by Crippen LogP contribution is -2.39. The molecule has 22 heavy (non-hydrogen) atoms. The predicted molar refractivity (Wildman–Crippen MR) is 74.2 cm³/mol. The molecular formula is C15H21NO6. The van der Waals surface area contributed by atoms with E-state index in [9.17, 15) is 19.6 Å². The zero-order chi connectivity index (χ0) is 17.2. The monoisotopic (exact) mass is 311 g/mol. The second-order valence-corrected chi connectivity index (χ2v) is 5.40. The van der Waals surface area contributed by atoms with E-state index in [0.717, 1.165) is 0 Å². The Bertz CT molecular complexity index is 515. The van der Waals surface area contributed by atoms with Crippen LogP contribution in [-0.4, -0.2) is 37.7 Å². The molecule has 0 aromatic heterocycles. The average molecular weight is 311 g/mol. The molecule has 0 bridgehead atoms. The molecular weight excluding hydrogens is 290 g/mol. The van der Waals surface area contributed by atoms with E-state index in [2.05, 4.69) is 0 Å². The minimum atomic E-state index is -2.01. The summed E-state index contributed by atoms with van der Waals surface area (Å²) in [6.07, 6.45) is 0. The Balaban J connectivity index is 3.50. The van der Waals surface area contributed by atoms with Gasteiger partial charge in [0.15, 0.2) is 5.41 Å². The summed E-state index contributed by atoms with van der Waals surface area (Å²) in [6.45, 7) is 7.76. The first kappa shape index (κ1) is 18.0. The smallest absolute Gasteiger partial charge is 0.328 e. The van der Waals surface area contributed by atoms with Crippen LogP contribution in [0.5, 0.6) is 0 Å². The van der Waals surface area contributed by atoms with Gasteiger partial charge in [-0.05, 0) is 20.8 Å². The van der Waals surface area contributed by atoms with Crippen molar-refractivity contribution in [2.45, 2.75) is 34.6 Å². The van der Waals surface area contributed by atoms with Crippen molar-refractivity contribution in [3.05, 3.63) is 0 Å². The Morgan fingerprint density at radius 2 is 1.23 bits per heavy atom. The summed E-state index contributed by atoms with van der Waals surface area (Å²) < 4.78 is 14.8. The molecule has 0 aromatic rings. The van der Waals surface area contributed by atoms with Crippen LogP contribution >= 0.6 is 0 Å². The number of hydrogen-bond donors (Lipinski definition) is 0. The molecule has 122 valence electrons. The minimum Gasteiger partial charge on any atom is -0.465 e. The molecule has 0 heterocycles. The molecule has 1 fully saturated rings. The summed E-state index contributed by atoms with van der Waals surface area (Å²) in [5, 5.41) is 9.59. The highest BCUT2D eigenvalue weighted by Crippen LogP contribution is 2.79. The van der Waals surface area contributed by atoms with Gasteiger partial charge in [-0.3, -0.25) is 14.4 Å². The fourth-order valence-electron chi connectivity index (χ4n) is 3.17. The van der Waals surface area contributed by atoms with Gasteiger partial charge in [0.05, 0.1) is 25.9 Å². The zero-order valence-corrected chi connectivity index (χ0v) is 13.5. The minimum absolute atomic E-state index is 0.0143. The summed E-state index contributed by atoms with van der Waals surface area (Å²) >= 11 is 0. The largest absolute Gasteiger partial charge is 0.465 e. The summed E-state index contributed by atoms with van der Waals surface area (Å²) in [5.41, 5.74) is -5.25. The lowest BCUT2D eigenvalue weighted by Gasteiger charge is -2.17. The number of carbonyl (C=O) groups excluding carboxylic acids is 3. The molecule has 0 saturated heterocycles. The third kappa shape index (κ3) is 1.83. The third-order valence-electron chi connectivity index (χ3n) is 4.29. The number of rotatable bonds is 6. The highest BCUT2D eigenvalue weighted by molar-refractivity contribution is 6.14. The standard InChI is InChI=1S/C15H21NO6/c1-6-20-10(17)14(9-16)13(4,5)15(14,11(18)21-7-2)12(19)22-8-3/h6-8H2,1-5H3. The van der Waals surface area contributed by atoms with Gasteiger partial charge in [0.1, 0.15) is 0 Å². The molecule has 1 unspecified atom stereocenters. The van der Waals surface area contributed by atoms with Gasteiger partial charge in [-0.15, -0.1) is 0 Å². The van der Waals surface area contributed by atoms with Crippen LogP contribution in [0.3, 0.4) is 0 Å². The van der Waals surface area contributed by atoms with Crippen molar-refractivity contribution in [3.8, 4) is 6.07 Å². The molecule has 0 aromatic carbocycles. The number of ether oxygens (including phenoxy) is 3. The molecule has 0 aliphatic heterocycles. The highest BCUT2D eigenvalue weighted by Gasteiger charge is 2.96. The van der Waals surface area contributed by atoms with Gasteiger partial charge < -0.3 is 14.2 Å². The van der Waals surface area contributed by atoms with Crippen LogP contribution in [0.25, 0.3) is 0 Å². The first-order valence-corrected chi connectivity index (χ1v) is 7.19. The number of carbonyl (C=O) groups is 3. The lowest BCUT2D eigenvalue weighted by molar-refractivity contribution is -0.170. The van der Waals surface area contributed by atoms with Crippen LogP contribution in [0.15, 0.2) is 0 Å². The van der Waals surface area contributed by atoms with E-state index in [1.807, 2.05) is 6.07 Å². The van der Waals surface area contributed by atoms with Crippen LogP contribution in [0, 0.1) is 27.6 Å². The van der Waals surface area contributed by atoms with E-state index in [4.69, 9.17) is 14.2 Å². The van der Waals surface area contributed by atoms with Crippen molar-refractivity contribution in [1.82, 2.24) is 0 Å². The normalized spacial score (nSPS) is 23.8. The van der Waals surface area contributed by atoms with Gasteiger partial charge in [0.25, 0.3) is 0 Å². The zero-order valence-electron chi connectivity index (χ0n) is 13.5. The van der Waals surface area contributed by atoms with Crippen molar-refractivity contribution in [1.29, 1.82) is 5.26 Å². The van der Waals surface area contributed by atoms with Crippen molar-refractivity contribution in [3.63, 3.8) is 0 Å². The van der Waals surface area contributed by atoms with Crippen LogP contribution in [-0.2, 0) is 28.6 Å². The summed E-state index contributed by atoms with van der Waals surface area (Å²) in [6, 6.07) is 1.82. The van der Waals surface area contributed by atoms with Gasteiger partial charge in [-0.25, -0.2) is 0 Å². The quantitative estimate of drug-likeness (QED) is 0.412. The van der Waals surface area contributed by atoms with E-state index < -0.39 is 34.2 Å². The Labute approximate surface area is 129 Å². The first-order valence-electron chi connectivity index (χ1n) is 7.19. The lowest BCUT2D eigenvalue weighted by atomic mass is 9.93. The second kappa shape index (κ2) is 5.95. The molecule has 0 spiro atoms. The van der Waals surface area contributed by atoms with Gasteiger partial charge in [-0.1, -0.05) is 13.8 Å². The molecule has 1 aliphatic carbocycles. The predicted octanol–water partition coefficient (Wildman–Crippen LogP) is 1.21. The fraction of sp³-hybridized carbons (Fsp3) is 0.733. The number of nitrogens with zero attached hydrogens (tertiary/aromatic N) is 1. The van der Waals surface area contributed by atoms with Crippen LogP contribution in [0.2, 0.25) is 0 Å². The van der Waals surface area contributed by atoms with E-state index in [1.165, 1.54) is 13.8 Å². The summed E-state index contributed by atoms with van der Waals surface area (Å²) in [5.74, 6) is -2.79. The van der Waals surface area contributed by atoms with Gasteiger partial charge >= 0.3 is 17.9 Å². The molecule has 1 aliphatic rings. The number of hydrogen-bond acceptors (Lipinski definition) is 7. The van der Waals surface area contributed by atoms with Crippen LogP contribution in [0.1, 0.15) is 34.6 Å². The van der Waals surface area contributed by atoms with E-state index >= 15 is 0 Å². The first-order chi connectivity index (χ1) is 10.3. The molecule has 1 saturated carbocycles. The van der Waals surface area contributed by atoms with Crippen molar-refractivity contribution < 1.29 is 28.6 Å². The average Bonchev–Trinajstić information content (AvgIpc) is 2.92. The molecule has 0 radical (unpaired) electrons. The maximum absolute atomic E-state index is 12.5. The fourth-order valence-corrected chi connectivity index (χ4v) is 3.17.